The maximum absolute atomic E-state index is 12.9. The van der Waals surface area contributed by atoms with E-state index in [1.54, 1.807) is 0 Å². The molecule has 118 valence electrons. The van der Waals surface area contributed by atoms with Crippen LogP contribution in [0.2, 0.25) is 10.0 Å². The standard InChI is InChI=1S/C16H17Cl2NO2S/c1-12(2)19(11-13-6-4-3-5-7-13)22(20,21)14-8-9-15(17)16(18)10-14/h3-10,12H,11H2,1-2H3. The van der Waals surface area contributed by atoms with Crippen molar-refractivity contribution in [2.75, 3.05) is 0 Å². The third-order valence-electron chi connectivity index (χ3n) is 3.25. The van der Waals surface area contributed by atoms with Gasteiger partial charge in [-0.05, 0) is 37.6 Å². The Balaban J connectivity index is 2.40. The molecule has 2 aromatic rings. The summed E-state index contributed by atoms with van der Waals surface area (Å²) in [6, 6.07) is 13.7. The zero-order valence-corrected chi connectivity index (χ0v) is 14.7. The molecule has 0 bridgehead atoms. The third kappa shape index (κ3) is 3.82. The van der Waals surface area contributed by atoms with Gasteiger partial charge in [0.1, 0.15) is 0 Å². The molecule has 0 aliphatic heterocycles. The van der Waals surface area contributed by atoms with Crippen LogP contribution in [0, 0.1) is 0 Å². The molecule has 0 spiro atoms. The number of rotatable bonds is 5. The van der Waals surface area contributed by atoms with E-state index in [0.717, 1.165) is 5.56 Å². The molecule has 22 heavy (non-hydrogen) atoms. The molecule has 0 saturated carbocycles. The Hall–Kier alpha value is -1.07. The number of halogens is 2. The van der Waals surface area contributed by atoms with Gasteiger partial charge >= 0.3 is 0 Å². The maximum atomic E-state index is 12.9. The average molecular weight is 358 g/mol. The molecule has 0 saturated heterocycles. The first kappa shape index (κ1) is 17.3. The zero-order valence-electron chi connectivity index (χ0n) is 12.3. The molecule has 0 unspecified atom stereocenters. The Morgan fingerprint density at radius 3 is 2.18 bits per heavy atom. The van der Waals surface area contributed by atoms with Crippen LogP contribution in [0.1, 0.15) is 19.4 Å². The van der Waals surface area contributed by atoms with E-state index in [0.29, 0.717) is 11.6 Å². The molecule has 0 heterocycles. The Kier molecular flexibility index (Phi) is 5.50. The van der Waals surface area contributed by atoms with Crippen molar-refractivity contribution in [3.8, 4) is 0 Å². The van der Waals surface area contributed by atoms with Gasteiger partial charge in [-0.25, -0.2) is 8.42 Å². The Bertz CT molecular complexity index is 746. The van der Waals surface area contributed by atoms with Gasteiger partial charge in [-0.15, -0.1) is 0 Å². The first-order chi connectivity index (χ1) is 10.3. The number of nitrogens with zero attached hydrogens (tertiary/aromatic N) is 1. The minimum absolute atomic E-state index is 0.145. The van der Waals surface area contributed by atoms with Crippen molar-refractivity contribution in [3.63, 3.8) is 0 Å². The predicted molar refractivity (Wildman–Crippen MR) is 90.8 cm³/mol. The SMILES string of the molecule is CC(C)N(Cc1ccccc1)S(=O)(=O)c1ccc(Cl)c(Cl)c1. The molecule has 3 nitrogen and oxygen atoms in total. The van der Waals surface area contributed by atoms with E-state index in [1.165, 1.54) is 22.5 Å². The van der Waals surface area contributed by atoms with Crippen molar-refractivity contribution in [1.82, 2.24) is 4.31 Å². The third-order valence-corrected chi connectivity index (χ3v) is 6.01. The minimum atomic E-state index is -3.65. The van der Waals surface area contributed by atoms with Crippen molar-refractivity contribution >= 4 is 33.2 Å². The first-order valence-electron chi connectivity index (χ1n) is 6.83. The van der Waals surface area contributed by atoms with Crippen LogP contribution >= 0.6 is 23.2 Å². The van der Waals surface area contributed by atoms with Crippen LogP contribution in [-0.2, 0) is 16.6 Å². The second-order valence-electron chi connectivity index (χ2n) is 5.21. The normalized spacial score (nSPS) is 12.1. The van der Waals surface area contributed by atoms with E-state index in [2.05, 4.69) is 0 Å². The van der Waals surface area contributed by atoms with E-state index in [1.807, 2.05) is 44.2 Å². The van der Waals surface area contributed by atoms with Crippen LogP contribution in [0.3, 0.4) is 0 Å². The molecular formula is C16H17Cl2NO2S. The first-order valence-corrected chi connectivity index (χ1v) is 9.03. The molecule has 0 amide bonds. The van der Waals surface area contributed by atoms with Crippen LogP contribution in [0.25, 0.3) is 0 Å². The van der Waals surface area contributed by atoms with Gasteiger partial charge in [0.25, 0.3) is 0 Å². The lowest BCUT2D eigenvalue weighted by Gasteiger charge is -2.26. The van der Waals surface area contributed by atoms with Gasteiger partial charge in [-0.2, -0.15) is 4.31 Å². The van der Waals surface area contributed by atoms with E-state index < -0.39 is 10.0 Å². The quantitative estimate of drug-likeness (QED) is 0.784. The highest BCUT2D eigenvalue weighted by Gasteiger charge is 2.27. The molecule has 6 heteroatoms. The second kappa shape index (κ2) is 7.01. The van der Waals surface area contributed by atoms with Crippen LogP contribution in [-0.4, -0.2) is 18.8 Å². The molecule has 0 aliphatic rings. The Labute approximate surface area is 141 Å². The van der Waals surface area contributed by atoms with Crippen molar-refractivity contribution < 1.29 is 8.42 Å². The van der Waals surface area contributed by atoms with Crippen molar-refractivity contribution in [1.29, 1.82) is 0 Å². The summed E-state index contributed by atoms with van der Waals surface area (Å²) in [4.78, 5) is 0.145. The average Bonchev–Trinajstić information content (AvgIpc) is 2.48. The largest absolute Gasteiger partial charge is 0.243 e. The molecule has 0 radical (unpaired) electrons. The highest BCUT2D eigenvalue weighted by atomic mass is 35.5. The van der Waals surface area contributed by atoms with Crippen molar-refractivity contribution in [2.45, 2.75) is 31.3 Å². The number of benzene rings is 2. The van der Waals surface area contributed by atoms with E-state index in [9.17, 15) is 8.42 Å². The van der Waals surface area contributed by atoms with Gasteiger partial charge in [0.15, 0.2) is 0 Å². The number of hydrogen-bond donors (Lipinski definition) is 0. The van der Waals surface area contributed by atoms with E-state index in [-0.39, 0.29) is 16.0 Å². The second-order valence-corrected chi connectivity index (χ2v) is 7.91. The monoisotopic (exact) mass is 357 g/mol. The van der Waals surface area contributed by atoms with E-state index >= 15 is 0 Å². The fourth-order valence-electron chi connectivity index (χ4n) is 2.08. The van der Waals surface area contributed by atoms with Gasteiger partial charge in [-0.1, -0.05) is 53.5 Å². The van der Waals surface area contributed by atoms with Gasteiger partial charge in [0.2, 0.25) is 10.0 Å². The molecule has 0 fully saturated rings. The summed E-state index contributed by atoms with van der Waals surface area (Å²) in [5.74, 6) is 0. The topological polar surface area (TPSA) is 37.4 Å². The summed E-state index contributed by atoms with van der Waals surface area (Å²) in [6.45, 7) is 4.00. The lowest BCUT2D eigenvalue weighted by molar-refractivity contribution is 0.348. The van der Waals surface area contributed by atoms with Crippen LogP contribution in [0.15, 0.2) is 53.4 Å². The zero-order chi connectivity index (χ0) is 16.3. The van der Waals surface area contributed by atoms with Crippen LogP contribution in [0.5, 0.6) is 0 Å². The Morgan fingerprint density at radius 2 is 1.64 bits per heavy atom. The number of hydrogen-bond acceptors (Lipinski definition) is 2. The molecule has 2 rings (SSSR count). The maximum Gasteiger partial charge on any atom is 0.243 e. The lowest BCUT2D eigenvalue weighted by Crippen LogP contribution is -2.36. The Morgan fingerprint density at radius 1 is 1.00 bits per heavy atom. The summed E-state index contributed by atoms with van der Waals surface area (Å²) in [5, 5.41) is 0.561. The molecule has 0 atom stereocenters. The minimum Gasteiger partial charge on any atom is -0.207 e. The molecular weight excluding hydrogens is 341 g/mol. The summed E-state index contributed by atoms with van der Waals surface area (Å²) in [6.07, 6.45) is 0. The van der Waals surface area contributed by atoms with E-state index in [4.69, 9.17) is 23.2 Å². The van der Waals surface area contributed by atoms with Crippen LogP contribution in [0.4, 0.5) is 0 Å². The van der Waals surface area contributed by atoms with Gasteiger partial charge in [-0.3, -0.25) is 0 Å². The fraction of sp³-hybridized carbons (Fsp3) is 0.250. The smallest absolute Gasteiger partial charge is 0.207 e. The van der Waals surface area contributed by atoms with Crippen molar-refractivity contribution in [2.24, 2.45) is 0 Å². The molecule has 0 N–H and O–H groups in total. The summed E-state index contributed by atoms with van der Waals surface area (Å²) in [7, 11) is -3.65. The molecule has 0 aliphatic carbocycles. The van der Waals surface area contributed by atoms with Gasteiger partial charge in [0, 0.05) is 12.6 Å². The summed E-state index contributed by atoms with van der Waals surface area (Å²) >= 11 is 11.8. The molecule has 0 aromatic heterocycles. The number of sulfonamides is 1. The van der Waals surface area contributed by atoms with Gasteiger partial charge < -0.3 is 0 Å². The predicted octanol–water partition coefficient (Wildman–Crippen LogP) is 4.59. The van der Waals surface area contributed by atoms with Crippen molar-refractivity contribution in [3.05, 3.63) is 64.1 Å². The lowest BCUT2D eigenvalue weighted by atomic mass is 10.2. The fourth-order valence-corrected chi connectivity index (χ4v) is 4.10. The van der Waals surface area contributed by atoms with Crippen LogP contribution < -0.4 is 0 Å². The molecule has 2 aromatic carbocycles. The van der Waals surface area contributed by atoms with Gasteiger partial charge in [0.05, 0.1) is 14.9 Å². The highest BCUT2D eigenvalue weighted by Crippen LogP contribution is 2.28. The highest BCUT2D eigenvalue weighted by molar-refractivity contribution is 7.89. The summed E-state index contributed by atoms with van der Waals surface area (Å²) < 4.78 is 27.2. The summed E-state index contributed by atoms with van der Waals surface area (Å²) in [5.41, 5.74) is 0.930.